The zero-order valence-corrected chi connectivity index (χ0v) is 11.9. The summed E-state index contributed by atoms with van der Waals surface area (Å²) >= 11 is 0. The molecule has 2 rings (SSSR count). The lowest BCUT2D eigenvalue weighted by Gasteiger charge is -2.39. The van der Waals surface area contributed by atoms with Gasteiger partial charge in [0.1, 0.15) is 0 Å². The van der Waals surface area contributed by atoms with Crippen molar-refractivity contribution in [2.75, 3.05) is 27.2 Å². The maximum atomic E-state index is 11.8. The van der Waals surface area contributed by atoms with Crippen LogP contribution < -0.4 is 0 Å². The van der Waals surface area contributed by atoms with Gasteiger partial charge in [-0.15, -0.1) is 0 Å². The van der Waals surface area contributed by atoms with E-state index in [0.717, 1.165) is 6.42 Å². The van der Waals surface area contributed by atoms with Crippen molar-refractivity contribution in [1.29, 1.82) is 0 Å². The fourth-order valence-electron chi connectivity index (χ4n) is 2.09. The third kappa shape index (κ3) is 2.43. The summed E-state index contributed by atoms with van der Waals surface area (Å²) in [6.45, 7) is 3.31. The Kier molecular flexibility index (Phi) is 3.75. The van der Waals surface area contributed by atoms with E-state index in [1.807, 2.05) is 0 Å². The summed E-state index contributed by atoms with van der Waals surface area (Å²) in [6.07, 6.45) is 1.03. The molecule has 18 heavy (non-hydrogen) atoms. The highest BCUT2D eigenvalue weighted by Gasteiger charge is 2.37. The highest BCUT2D eigenvalue weighted by atomic mass is 32.2. The molecule has 4 nitrogen and oxygen atoms in total. The van der Waals surface area contributed by atoms with Gasteiger partial charge in [0.05, 0.1) is 0 Å². The van der Waals surface area contributed by atoms with Gasteiger partial charge in [0, 0.05) is 33.1 Å². The van der Waals surface area contributed by atoms with Crippen LogP contribution in [0.3, 0.4) is 0 Å². The van der Waals surface area contributed by atoms with Gasteiger partial charge in [0.25, 0.3) is 10.2 Å². The number of aryl methyl sites for hydroxylation is 1. The Hall–Kier alpha value is -0.910. The van der Waals surface area contributed by atoms with Crippen molar-refractivity contribution in [3.63, 3.8) is 0 Å². The maximum absolute atomic E-state index is 11.8. The van der Waals surface area contributed by atoms with Crippen LogP contribution in [0, 0.1) is 0 Å². The van der Waals surface area contributed by atoms with Crippen LogP contribution in [0.25, 0.3) is 0 Å². The second kappa shape index (κ2) is 4.99. The second-order valence-corrected chi connectivity index (χ2v) is 7.04. The molecule has 5 heteroatoms. The quantitative estimate of drug-likeness (QED) is 0.829. The number of nitrogens with zero attached hydrogens (tertiary/aromatic N) is 2. The SMILES string of the molecule is CCc1ccc(C2CN(S(=O)(=O)N(C)C)C2)cc1. The molecule has 1 fully saturated rings. The van der Waals surface area contributed by atoms with Crippen LogP contribution in [0.2, 0.25) is 0 Å². The molecule has 0 radical (unpaired) electrons. The lowest BCUT2D eigenvalue weighted by molar-refractivity contribution is 0.249. The minimum Gasteiger partial charge on any atom is -0.195 e. The standard InChI is InChI=1S/C13H20N2O2S/c1-4-11-5-7-12(8-6-11)13-9-15(10-13)18(16,17)14(2)3/h5-8,13H,4,9-10H2,1-3H3. The minimum absolute atomic E-state index is 0.339. The molecule has 1 aliphatic rings. The molecular formula is C13H20N2O2S. The predicted molar refractivity (Wildman–Crippen MR) is 72.7 cm³/mol. The molecule has 0 aromatic heterocycles. The van der Waals surface area contributed by atoms with E-state index in [9.17, 15) is 8.42 Å². The number of benzene rings is 1. The monoisotopic (exact) mass is 268 g/mol. The van der Waals surface area contributed by atoms with E-state index in [1.54, 1.807) is 14.1 Å². The first-order chi connectivity index (χ1) is 8.45. The van der Waals surface area contributed by atoms with Crippen LogP contribution in [0.15, 0.2) is 24.3 Å². The molecule has 0 spiro atoms. The molecule has 0 N–H and O–H groups in total. The van der Waals surface area contributed by atoms with Crippen molar-refractivity contribution in [2.24, 2.45) is 0 Å². The van der Waals surface area contributed by atoms with Crippen LogP contribution in [-0.2, 0) is 16.6 Å². The highest BCUT2D eigenvalue weighted by molar-refractivity contribution is 7.86. The van der Waals surface area contributed by atoms with Gasteiger partial charge in [-0.2, -0.15) is 17.0 Å². The Balaban J connectivity index is 2.00. The summed E-state index contributed by atoms with van der Waals surface area (Å²) in [6, 6.07) is 8.48. The Bertz CT molecular complexity index is 502. The molecular weight excluding hydrogens is 248 g/mol. The van der Waals surface area contributed by atoms with E-state index in [0.29, 0.717) is 19.0 Å². The van der Waals surface area contributed by atoms with Crippen molar-refractivity contribution in [2.45, 2.75) is 19.3 Å². The number of hydrogen-bond acceptors (Lipinski definition) is 2. The molecule has 1 saturated heterocycles. The van der Waals surface area contributed by atoms with Crippen molar-refractivity contribution in [3.05, 3.63) is 35.4 Å². The first-order valence-corrected chi connectivity index (χ1v) is 7.61. The van der Waals surface area contributed by atoms with Crippen molar-refractivity contribution < 1.29 is 8.42 Å². The van der Waals surface area contributed by atoms with Crippen LogP contribution in [0.5, 0.6) is 0 Å². The Morgan fingerprint density at radius 3 is 2.22 bits per heavy atom. The fourth-order valence-corrected chi connectivity index (χ4v) is 3.29. The van der Waals surface area contributed by atoms with Crippen LogP contribution in [-0.4, -0.2) is 44.2 Å². The van der Waals surface area contributed by atoms with Crippen molar-refractivity contribution in [3.8, 4) is 0 Å². The van der Waals surface area contributed by atoms with E-state index < -0.39 is 10.2 Å². The molecule has 1 heterocycles. The molecule has 0 amide bonds. The van der Waals surface area contributed by atoms with E-state index in [1.165, 1.54) is 19.7 Å². The van der Waals surface area contributed by atoms with Gasteiger partial charge < -0.3 is 0 Å². The third-order valence-corrected chi connectivity index (χ3v) is 5.37. The lowest BCUT2D eigenvalue weighted by Crippen LogP contribution is -2.52. The predicted octanol–water partition coefficient (Wildman–Crippen LogP) is 1.45. The van der Waals surface area contributed by atoms with E-state index in [2.05, 4.69) is 31.2 Å². The van der Waals surface area contributed by atoms with Crippen LogP contribution in [0.1, 0.15) is 24.0 Å². The summed E-state index contributed by atoms with van der Waals surface area (Å²) in [5.74, 6) is 0.339. The molecule has 1 aromatic carbocycles. The number of hydrogen-bond donors (Lipinski definition) is 0. The third-order valence-electron chi connectivity index (χ3n) is 3.50. The zero-order chi connectivity index (χ0) is 13.3. The Morgan fingerprint density at radius 2 is 1.78 bits per heavy atom. The molecule has 0 aliphatic carbocycles. The average molecular weight is 268 g/mol. The normalized spacial score (nSPS) is 18.0. The highest BCUT2D eigenvalue weighted by Crippen LogP contribution is 2.29. The van der Waals surface area contributed by atoms with Gasteiger partial charge in [-0.1, -0.05) is 31.2 Å². The van der Waals surface area contributed by atoms with E-state index in [-0.39, 0.29) is 0 Å². The Labute approximate surface area is 109 Å². The molecule has 0 unspecified atom stereocenters. The molecule has 100 valence electrons. The summed E-state index contributed by atoms with van der Waals surface area (Å²) in [5.41, 5.74) is 2.55. The van der Waals surface area contributed by atoms with Crippen LogP contribution in [0.4, 0.5) is 0 Å². The molecule has 0 saturated carbocycles. The first kappa shape index (κ1) is 13.5. The van der Waals surface area contributed by atoms with Gasteiger partial charge in [-0.3, -0.25) is 0 Å². The minimum atomic E-state index is -3.23. The summed E-state index contributed by atoms with van der Waals surface area (Å²) in [5, 5.41) is 0. The number of rotatable bonds is 4. The van der Waals surface area contributed by atoms with Gasteiger partial charge in [-0.25, -0.2) is 0 Å². The maximum Gasteiger partial charge on any atom is 0.281 e. The topological polar surface area (TPSA) is 40.6 Å². The molecule has 0 atom stereocenters. The fraction of sp³-hybridized carbons (Fsp3) is 0.538. The van der Waals surface area contributed by atoms with Gasteiger partial charge in [-0.05, 0) is 17.5 Å². The van der Waals surface area contributed by atoms with E-state index in [4.69, 9.17) is 0 Å². The van der Waals surface area contributed by atoms with Gasteiger partial charge in [0.15, 0.2) is 0 Å². The zero-order valence-electron chi connectivity index (χ0n) is 11.1. The van der Waals surface area contributed by atoms with Gasteiger partial charge >= 0.3 is 0 Å². The smallest absolute Gasteiger partial charge is 0.195 e. The summed E-state index contributed by atoms with van der Waals surface area (Å²) in [7, 11) is -0.0909. The molecule has 1 aromatic rings. The second-order valence-electron chi connectivity index (χ2n) is 4.90. The van der Waals surface area contributed by atoms with Gasteiger partial charge in [0.2, 0.25) is 0 Å². The summed E-state index contributed by atoms with van der Waals surface area (Å²) in [4.78, 5) is 0. The first-order valence-electron chi connectivity index (χ1n) is 6.21. The van der Waals surface area contributed by atoms with E-state index >= 15 is 0 Å². The average Bonchev–Trinajstić information content (AvgIpc) is 2.27. The largest absolute Gasteiger partial charge is 0.281 e. The van der Waals surface area contributed by atoms with Crippen LogP contribution >= 0.6 is 0 Å². The lowest BCUT2D eigenvalue weighted by atomic mass is 9.93. The Morgan fingerprint density at radius 1 is 1.22 bits per heavy atom. The molecule has 1 aliphatic heterocycles. The van der Waals surface area contributed by atoms with Crippen molar-refractivity contribution in [1.82, 2.24) is 8.61 Å². The summed E-state index contributed by atoms with van der Waals surface area (Å²) < 4.78 is 26.5. The molecule has 0 bridgehead atoms. The van der Waals surface area contributed by atoms with Crippen molar-refractivity contribution >= 4 is 10.2 Å².